The maximum absolute atomic E-state index is 9.62. The van der Waals surface area contributed by atoms with Crippen molar-refractivity contribution < 1.29 is 14.6 Å². The topological polar surface area (TPSA) is 50.7 Å². The number of ether oxygens (including phenoxy) is 2. The monoisotopic (exact) mass is 355 g/mol. The van der Waals surface area contributed by atoms with E-state index < -0.39 is 0 Å². The second kappa shape index (κ2) is 9.30. The smallest absolute Gasteiger partial charge is 0.180 e. The Bertz CT molecular complexity index is 675. The molecule has 1 atom stereocenters. The van der Waals surface area contributed by atoms with Gasteiger partial charge in [-0.3, -0.25) is 0 Å². The first-order valence-corrected chi connectivity index (χ1v) is 8.87. The van der Waals surface area contributed by atoms with Crippen molar-refractivity contribution in [3.63, 3.8) is 0 Å². The van der Waals surface area contributed by atoms with Gasteiger partial charge in [0.05, 0.1) is 12.6 Å². The Hall–Kier alpha value is -2.46. The highest BCUT2D eigenvalue weighted by Gasteiger charge is 2.15. The molecule has 0 spiro atoms. The van der Waals surface area contributed by atoms with Crippen LogP contribution in [0.4, 0.5) is 0 Å². The number of hydrogen-bond donors (Lipinski definition) is 2. The summed E-state index contributed by atoms with van der Waals surface area (Å²) in [6, 6.07) is 17.8. The van der Waals surface area contributed by atoms with E-state index in [4.69, 9.17) is 9.47 Å². The zero-order valence-corrected chi connectivity index (χ0v) is 15.9. The van der Waals surface area contributed by atoms with Crippen molar-refractivity contribution in [3.8, 4) is 5.75 Å². The molecule has 0 saturated heterocycles. The van der Waals surface area contributed by atoms with Crippen LogP contribution >= 0.6 is 0 Å². The van der Waals surface area contributed by atoms with Crippen LogP contribution in [0.25, 0.3) is 0 Å². The molecular weight excluding hydrogens is 326 g/mol. The Morgan fingerprint density at radius 3 is 2.27 bits per heavy atom. The molecule has 0 heterocycles. The SMILES string of the molecule is C=C(N[C@H](CO)Cc1ccc(OCc2ccccc2)cc1)OC(C)(C)C. The third kappa shape index (κ3) is 7.19. The van der Waals surface area contributed by atoms with Crippen LogP contribution in [0.3, 0.4) is 0 Å². The number of aliphatic hydroxyl groups excluding tert-OH is 1. The van der Waals surface area contributed by atoms with Crippen LogP contribution in [0.15, 0.2) is 67.1 Å². The molecule has 0 aliphatic carbocycles. The summed E-state index contributed by atoms with van der Waals surface area (Å²) in [6.07, 6.45) is 0.669. The summed E-state index contributed by atoms with van der Waals surface area (Å²) in [5.74, 6) is 1.30. The van der Waals surface area contributed by atoms with Gasteiger partial charge >= 0.3 is 0 Å². The lowest BCUT2D eigenvalue weighted by molar-refractivity contribution is 0.0357. The molecule has 0 aliphatic heterocycles. The molecular formula is C22H29NO3. The highest BCUT2D eigenvalue weighted by Crippen LogP contribution is 2.16. The predicted molar refractivity (Wildman–Crippen MR) is 105 cm³/mol. The standard InChI is InChI=1S/C22H29NO3/c1-17(26-22(2,3)4)23-20(15-24)14-18-10-12-21(13-11-18)25-16-19-8-6-5-7-9-19/h5-13,20,23-24H,1,14-16H2,2-4H3/t20-/m0/s1. The molecule has 140 valence electrons. The first kappa shape index (κ1) is 19.9. The fourth-order valence-electron chi connectivity index (χ4n) is 2.54. The lowest BCUT2D eigenvalue weighted by Gasteiger charge is -2.26. The molecule has 0 fully saturated rings. The van der Waals surface area contributed by atoms with Gasteiger partial charge in [-0.15, -0.1) is 0 Å². The van der Waals surface area contributed by atoms with Gasteiger partial charge in [-0.25, -0.2) is 0 Å². The van der Waals surface area contributed by atoms with E-state index in [1.165, 1.54) is 0 Å². The first-order chi connectivity index (χ1) is 12.4. The molecule has 0 radical (unpaired) electrons. The normalized spacial score (nSPS) is 12.3. The zero-order valence-electron chi connectivity index (χ0n) is 15.9. The molecule has 0 aliphatic rings. The molecule has 2 N–H and O–H groups in total. The predicted octanol–water partition coefficient (Wildman–Crippen LogP) is 4.04. The third-order valence-electron chi connectivity index (χ3n) is 3.67. The van der Waals surface area contributed by atoms with Crippen LogP contribution in [-0.2, 0) is 17.8 Å². The Balaban J connectivity index is 1.85. The maximum atomic E-state index is 9.62. The third-order valence-corrected chi connectivity index (χ3v) is 3.67. The summed E-state index contributed by atoms with van der Waals surface area (Å²) in [4.78, 5) is 0. The molecule has 0 unspecified atom stereocenters. The summed E-state index contributed by atoms with van der Waals surface area (Å²) in [5.41, 5.74) is 1.92. The van der Waals surface area contributed by atoms with Gasteiger partial charge < -0.3 is 19.9 Å². The summed E-state index contributed by atoms with van der Waals surface area (Å²) in [7, 11) is 0. The van der Waals surface area contributed by atoms with E-state index >= 15 is 0 Å². The van der Waals surface area contributed by atoms with E-state index in [2.05, 4.69) is 11.9 Å². The van der Waals surface area contributed by atoms with Crippen LogP contribution in [0.2, 0.25) is 0 Å². The molecule has 2 rings (SSSR count). The highest BCUT2D eigenvalue weighted by molar-refractivity contribution is 5.28. The minimum Gasteiger partial charge on any atom is -0.489 e. The number of hydrogen-bond acceptors (Lipinski definition) is 4. The van der Waals surface area contributed by atoms with Crippen molar-refractivity contribution in [2.75, 3.05) is 6.61 Å². The molecule has 2 aromatic rings. The van der Waals surface area contributed by atoms with Gasteiger partial charge in [-0.1, -0.05) is 42.5 Å². The van der Waals surface area contributed by atoms with Crippen molar-refractivity contribution >= 4 is 0 Å². The highest BCUT2D eigenvalue weighted by atomic mass is 16.5. The van der Waals surface area contributed by atoms with Crippen molar-refractivity contribution in [2.45, 2.75) is 45.4 Å². The van der Waals surface area contributed by atoms with E-state index in [0.717, 1.165) is 16.9 Å². The van der Waals surface area contributed by atoms with Crippen LogP contribution < -0.4 is 10.1 Å². The van der Waals surface area contributed by atoms with Gasteiger partial charge in [0.1, 0.15) is 18.0 Å². The van der Waals surface area contributed by atoms with Crippen molar-refractivity contribution in [3.05, 3.63) is 78.2 Å². The quantitative estimate of drug-likeness (QED) is 0.667. The van der Waals surface area contributed by atoms with Gasteiger partial charge in [-0.2, -0.15) is 0 Å². The number of aliphatic hydroxyl groups is 1. The van der Waals surface area contributed by atoms with E-state index in [1.807, 2.05) is 75.4 Å². The minimum absolute atomic E-state index is 0.00121. The van der Waals surface area contributed by atoms with Crippen LogP contribution in [0.5, 0.6) is 5.75 Å². The van der Waals surface area contributed by atoms with Crippen LogP contribution in [0, 0.1) is 0 Å². The average Bonchev–Trinajstić information content (AvgIpc) is 2.60. The Labute approximate surface area is 156 Å². The van der Waals surface area contributed by atoms with Crippen molar-refractivity contribution in [1.29, 1.82) is 0 Å². The minimum atomic E-state index is -0.318. The molecule has 2 aromatic carbocycles. The Kier molecular flexibility index (Phi) is 7.10. The molecule has 0 amide bonds. The molecule has 0 bridgehead atoms. The Morgan fingerprint density at radius 1 is 1.04 bits per heavy atom. The number of rotatable bonds is 9. The van der Waals surface area contributed by atoms with Gasteiger partial charge in [0.25, 0.3) is 0 Å². The number of benzene rings is 2. The fourth-order valence-corrected chi connectivity index (χ4v) is 2.54. The van der Waals surface area contributed by atoms with Crippen LogP contribution in [0.1, 0.15) is 31.9 Å². The summed E-state index contributed by atoms with van der Waals surface area (Å²) in [6.45, 7) is 10.3. The lowest BCUT2D eigenvalue weighted by atomic mass is 10.1. The van der Waals surface area contributed by atoms with E-state index in [0.29, 0.717) is 18.9 Å². The zero-order chi connectivity index (χ0) is 19.0. The molecule has 4 heteroatoms. The Morgan fingerprint density at radius 2 is 1.69 bits per heavy atom. The summed E-state index contributed by atoms with van der Waals surface area (Å²) >= 11 is 0. The van der Waals surface area contributed by atoms with Crippen molar-refractivity contribution in [2.24, 2.45) is 0 Å². The molecule has 0 aromatic heterocycles. The van der Waals surface area contributed by atoms with E-state index in [9.17, 15) is 5.11 Å². The van der Waals surface area contributed by atoms with Gasteiger partial charge in [-0.05, 0) is 57.0 Å². The lowest BCUT2D eigenvalue weighted by Crippen LogP contribution is -2.36. The fraction of sp³-hybridized carbons (Fsp3) is 0.364. The van der Waals surface area contributed by atoms with E-state index in [1.54, 1.807) is 0 Å². The molecule has 4 nitrogen and oxygen atoms in total. The number of nitrogens with one attached hydrogen (secondary N) is 1. The second-order valence-corrected chi connectivity index (χ2v) is 7.28. The summed E-state index contributed by atoms with van der Waals surface area (Å²) in [5, 5.41) is 12.8. The maximum Gasteiger partial charge on any atom is 0.180 e. The van der Waals surface area contributed by atoms with Crippen LogP contribution in [-0.4, -0.2) is 23.4 Å². The van der Waals surface area contributed by atoms with Gasteiger partial charge in [0.15, 0.2) is 5.88 Å². The summed E-state index contributed by atoms with van der Waals surface area (Å²) < 4.78 is 11.5. The largest absolute Gasteiger partial charge is 0.489 e. The molecule has 26 heavy (non-hydrogen) atoms. The van der Waals surface area contributed by atoms with E-state index in [-0.39, 0.29) is 18.2 Å². The van der Waals surface area contributed by atoms with Gasteiger partial charge in [0, 0.05) is 0 Å². The first-order valence-electron chi connectivity index (χ1n) is 8.87. The van der Waals surface area contributed by atoms with Gasteiger partial charge in [0.2, 0.25) is 0 Å². The second-order valence-electron chi connectivity index (χ2n) is 7.28. The molecule has 0 saturated carbocycles. The average molecular weight is 355 g/mol. The van der Waals surface area contributed by atoms with Crippen molar-refractivity contribution in [1.82, 2.24) is 5.32 Å².